The molecule has 1 aliphatic carbocycles. The third-order valence-electron chi connectivity index (χ3n) is 5.18. The first-order chi connectivity index (χ1) is 9.86. The summed E-state index contributed by atoms with van der Waals surface area (Å²) in [5.41, 5.74) is 5.76. The highest BCUT2D eigenvalue weighted by atomic mass is 19.4. The molecule has 1 saturated heterocycles. The van der Waals surface area contributed by atoms with Gasteiger partial charge in [0.05, 0.1) is 5.92 Å². The molecule has 0 spiro atoms. The fraction of sp³-hybridized carbons (Fsp3) is 0.933. The van der Waals surface area contributed by atoms with Crippen molar-refractivity contribution in [3.63, 3.8) is 0 Å². The Labute approximate surface area is 124 Å². The Morgan fingerprint density at radius 2 is 1.71 bits per heavy atom. The molecule has 0 radical (unpaired) electrons. The van der Waals surface area contributed by atoms with E-state index in [1.807, 2.05) is 0 Å². The molecule has 0 aromatic carbocycles. The number of piperidine rings is 1. The Bertz CT molecular complexity index is 356. The lowest BCUT2D eigenvalue weighted by molar-refractivity contribution is -0.186. The van der Waals surface area contributed by atoms with Gasteiger partial charge in [-0.3, -0.25) is 4.79 Å². The van der Waals surface area contributed by atoms with Gasteiger partial charge in [-0.1, -0.05) is 19.3 Å². The van der Waals surface area contributed by atoms with Crippen LogP contribution in [0.1, 0.15) is 51.4 Å². The number of alkyl halides is 3. The molecular weight excluding hydrogens is 281 g/mol. The predicted octanol–water partition coefficient (Wildman–Crippen LogP) is 3.09. The van der Waals surface area contributed by atoms with Crippen molar-refractivity contribution in [1.82, 2.24) is 4.90 Å². The van der Waals surface area contributed by atoms with Crippen LogP contribution in [0.4, 0.5) is 13.2 Å². The van der Waals surface area contributed by atoms with Crippen molar-refractivity contribution < 1.29 is 18.0 Å². The van der Waals surface area contributed by atoms with Crippen LogP contribution in [0.15, 0.2) is 0 Å². The lowest BCUT2D eigenvalue weighted by Gasteiger charge is -2.39. The zero-order valence-electron chi connectivity index (χ0n) is 12.4. The van der Waals surface area contributed by atoms with E-state index in [1.165, 1.54) is 6.42 Å². The van der Waals surface area contributed by atoms with E-state index in [-0.39, 0.29) is 37.3 Å². The van der Waals surface area contributed by atoms with E-state index in [0.29, 0.717) is 13.0 Å². The molecule has 0 atom stereocenters. The topological polar surface area (TPSA) is 46.3 Å². The third kappa shape index (κ3) is 4.11. The molecule has 1 heterocycles. The van der Waals surface area contributed by atoms with Crippen LogP contribution >= 0.6 is 0 Å². The van der Waals surface area contributed by atoms with Gasteiger partial charge in [0.2, 0.25) is 5.91 Å². The summed E-state index contributed by atoms with van der Waals surface area (Å²) in [5.74, 6) is -1.26. The van der Waals surface area contributed by atoms with Crippen molar-refractivity contribution in [2.24, 2.45) is 17.1 Å². The second kappa shape index (κ2) is 6.55. The maximum absolute atomic E-state index is 12.6. The molecule has 0 aromatic rings. The lowest BCUT2D eigenvalue weighted by atomic mass is 9.71. The molecule has 122 valence electrons. The minimum Gasteiger partial charge on any atom is -0.343 e. The van der Waals surface area contributed by atoms with E-state index in [0.717, 1.165) is 25.7 Å². The number of amides is 1. The summed E-state index contributed by atoms with van der Waals surface area (Å²) >= 11 is 0. The number of hydrogen-bond acceptors (Lipinski definition) is 2. The summed E-state index contributed by atoms with van der Waals surface area (Å²) in [6.07, 6.45) is 1.66. The largest absolute Gasteiger partial charge is 0.391 e. The number of hydrogen-bond donors (Lipinski definition) is 1. The molecule has 2 rings (SSSR count). The van der Waals surface area contributed by atoms with Gasteiger partial charge in [0.1, 0.15) is 0 Å². The summed E-state index contributed by atoms with van der Waals surface area (Å²) in [4.78, 5) is 14.0. The Morgan fingerprint density at radius 1 is 1.14 bits per heavy atom. The predicted molar refractivity (Wildman–Crippen MR) is 74.5 cm³/mol. The van der Waals surface area contributed by atoms with Crippen LogP contribution in [0.2, 0.25) is 0 Å². The van der Waals surface area contributed by atoms with E-state index < -0.39 is 12.1 Å². The van der Waals surface area contributed by atoms with Gasteiger partial charge in [0.25, 0.3) is 0 Å². The number of rotatable bonds is 3. The van der Waals surface area contributed by atoms with Crippen molar-refractivity contribution in [2.45, 2.75) is 57.5 Å². The lowest BCUT2D eigenvalue weighted by Crippen LogP contribution is -2.45. The average molecular weight is 306 g/mol. The van der Waals surface area contributed by atoms with E-state index in [4.69, 9.17) is 5.73 Å². The summed E-state index contributed by atoms with van der Waals surface area (Å²) in [5, 5.41) is 0. The number of halogens is 3. The molecule has 3 nitrogen and oxygen atoms in total. The number of carbonyl (C=O) groups is 1. The monoisotopic (exact) mass is 306 g/mol. The van der Waals surface area contributed by atoms with Gasteiger partial charge in [0.15, 0.2) is 0 Å². The van der Waals surface area contributed by atoms with Gasteiger partial charge >= 0.3 is 6.18 Å². The van der Waals surface area contributed by atoms with E-state index in [9.17, 15) is 18.0 Å². The van der Waals surface area contributed by atoms with Gasteiger partial charge in [-0.25, -0.2) is 0 Å². The SMILES string of the molecule is NCC1(CC(=O)N2CCC(C(F)(F)F)CC2)CCCCC1. The van der Waals surface area contributed by atoms with Crippen molar-refractivity contribution in [3.8, 4) is 0 Å². The Morgan fingerprint density at radius 3 is 2.19 bits per heavy atom. The molecule has 0 unspecified atom stereocenters. The van der Waals surface area contributed by atoms with Crippen LogP contribution in [0, 0.1) is 11.3 Å². The normalized spacial score (nSPS) is 24.1. The molecule has 2 N–H and O–H groups in total. The standard InChI is InChI=1S/C15H25F3N2O/c16-15(17,18)12-4-8-20(9-5-12)13(21)10-14(11-19)6-2-1-3-7-14/h12H,1-11,19H2. The number of nitrogens with two attached hydrogens (primary N) is 1. The summed E-state index contributed by atoms with van der Waals surface area (Å²) in [6.45, 7) is 0.949. The molecule has 2 fully saturated rings. The minimum atomic E-state index is -4.13. The smallest absolute Gasteiger partial charge is 0.343 e. The average Bonchev–Trinajstić information content (AvgIpc) is 2.47. The summed E-state index contributed by atoms with van der Waals surface area (Å²) < 4.78 is 37.9. The van der Waals surface area contributed by atoms with Gasteiger partial charge < -0.3 is 10.6 Å². The first-order valence-corrected chi connectivity index (χ1v) is 7.91. The highest BCUT2D eigenvalue weighted by Gasteiger charge is 2.42. The summed E-state index contributed by atoms with van der Waals surface area (Å²) in [7, 11) is 0. The van der Waals surface area contributed by atoms with Gasteiger partial charge in [-0.05, 0) is 37.6 Å². The van der Waals surface area contributed by atoms with Gasteiger partial charge in [-0.2, -0.15) is 13.2 Å². The fourth-order valence-electron chi connectivity index (χ4n) is 3.64. The van der Waals surface area contributed by atoms with Crippen LogP contribution in [0.5, 0.6) is 0 Å². The number of carbonyl (C=O) groups excluding carboxylic acids is 1. The maximum Gasteiger partial charge on any atom is 0.391 e. The first kappa shape index (κ1) is 16.6. The second-order valence-electron chi connectivity index (χ2n) is 6.64. The van der Waals surface area contributed by atoms with Gasteiger partial charge in [-0.15, -0.1) is 0 Å². The Balaban J connectivity index is 1.87. The maximum atomic E-state index is 12.6. The molecule has 1 saturated carbocycles. The molecule has 21 heavy (non-hydrogen) atoms. The fourth-order valence-corrected chi connectivity index (χ4v) is 3.64. The minimum absolute atomic E-state index is 0.0111. The third-order valence-corrected chi connectivity index (χ3v) is 5.18. The van der Waals surface area contributed by atoms with Gasteiger partial charge in [0, 0.05) is 19.5 Å². The van der Waals surface area contributed by atoms with Crippen LogP contribution in [-0.2, 0) is 4.79 Å². The molecule has 0 aromatic heterocycles. The highest BCUT2D eigenvalue weighted by Crippen LogP contribution is 2.40. The van der Waals surface area contributed by atoms with Crippen LogP contribution in [0.25, 0.3) is 0 Å². The molecule has 0 bridgehead atoms. The summed E-state index contributed by atoms with van der Waals surface area (Å²) in [6, 6.07) is 0. The highest BCUT2D eigenvalue weighted by molar-refractivity contribution is 5.77. The van der Waals surface area contributed by atoms with Crippen LogP contribution in [0.3, 0.4) is 0 Å². The number of nitrogens with zero attached hydrogens (tertiary/aromatic N) is 1. The van der Waals surface area contributed by atoms with Crippen LogP contribution in [-0.4, -0.2) is 36.6 Å². The zero-order valence-corrected chi connectivity index (χ0v) is 12.4. The molecular formula is C15H25F3N2O. The molecule has 6 heteroatoms. The second-order valence-corrected chi connectivity index (χ2v) is 6.64. The van der Waals surface area contributed by atoms with Crippen LogP contribution < -0.4 is 5.73 Å². The quantitative estimate of drug-likeness (QED) is 0.871. The molecule has 2 aliphatic rings. The first-order valence-electron chi connectivity index (χ1n) is 7.91. The molecule has 1 amide bonds. The van der Waals surface area contributed by atoms with E-state index in [1.54, 1.807) is 4.90 Å². The van der Waals surface area contributed by atoms with Crippen molar-refractivity contribution in [3.05, 3.63) is 0 Å². The number of likely N-dealkylation sites (tertiary alicyclic amines) is 1. The zero-order chi connectivity index (χ0) is 15.5. The Kier molecular flexibility index (Phi) is 5.17. The van der Waals surface area contributed by atoms with E-state index >= 15 is 0 Å². The molecule has 1 aliphatic heterocycles. The van der Waals surface area contributed by atoms with Crippen molar-refractivity contribution in [2.75, 3.05) is 19.6 Å². The van der Waals surface area contributed by atoms with E-state index in [2.05, 4.69) is 0 Å². The Hall–Kier alpha value is -0.780. The van der Waals surface area contributed by atoms with Crippen molar-refractivity contribution >= 4 is 5.91 Å². The van der Waals surface area contributed by atoms with Crippen molar-refractivity contribution in [1.29, 1.82) is 0 Å².